The lowest BCUT2D eigenvalue weighted by atomic mass is 9.99. The first-order chi connectivity index (χ1) is 10.7. The molecule has 0 bridgehead atoms. The van der Waals surface area contributed by atoms with Gasteiger partial charge in [-0.2, -0.15) is 10.4 Å². The van der Waals surface area contributed by atoms with Crippen molar-refractivity contribution in [1.82, 2.24) is 5.01 Å². The molecule has 0 saturated carbocycles. The molecule has 0 spiro atoms. The van der Waals surface area contributed by atoms with Gasteiger partial charge < -0.3 is 0 Å². The van der Waals surface area contributed by atoms with Gasteiger partial charge in [-0.25, -0.2) is 4.39 Å². The summed E-state index contributed by atoms with van der Waals surface area (Å²) in [7, 11) is 0. The molecule has 3 rings (SSSR count). The van der Waals surface area contributed by atoms with Crippen LogP contribution in [0.25, 0.3) is 0 Å². The maximum atomic E-state index is 13.1. The summed E-state index contributed by atoms with van der Waals surface area (Å²) in [6, 6.07) is 17.9. The molecule has 22 heavy (non-hydrogen) atoms. The van der Waals surface area contributed by atoms with Gasteiger partial charge in [-0.1, -0.05) is 42.5 Å². The number of hydrogen-bond donors (Lipinski definition) is 0. The molecular formula is C18H16FN3. The fourth-order valence-corrected chi connectivity index (χ4v) is 2.80. The lowest BCUT2D eigenvalue weighted by Crippen LogP contribution is -2.24. The van der Waals surface area contributed by atoms with Gasteiger partial charge in [0.25, 0.3) is 0 Å². The topological polar surface area (TPSA) is 39.4 Å². The van der Waals surface area contributed by atoms with E-state index in [0.29, 0.717) is 0 Å². The van der Waals surface area contributed by atoms with Crippen molar-refractivity contribution in [3.05, 3.63) is 71.5 Å². The summed E-state index contributed by atoms with van der Waals surface area (Å²) in [5, 5.41) is 16.0. The zero-order valence-electron chi connectivity index (χ0n) is 12.3. The van der Waals surface area contributed by atoms with E-state index in [1.54, 1.807) is 12.1 Å². The minimum Gasteiger partial charge on any atom is -0.267 e. The summed E-state index contributed by atoms with van der Waals surface area (Å²) in [5.41, 5.74) is 2.88. The van der Waals surface area contributed by atoms with Gasteiger partial charge in [0.15, 0.2) is 6.04 Å². The fourth-order valence-electron chi connectivity index (χ4n) is 2.80. The molecule has 1 aliphatic rings. The molecule has 0 fully saturated rings. The highest BCUT2D eigenvalue weighted by Crippen LogP contribution is 2.37. The molecule has 0 amide bonds. The van der Waals surface area contributed by atoms with Gasteiger partial charge in [-0.3, -0.25) is 5.01 Å². The lowest BCUT2D eigenvalue weighted by Gasteiger charge is -2.28. The first kappa shape index (κ1) is 14.3. The van der Waals surface area contributed by atoms with Gasteiger partial charge >= 0.3 is 0 Å². The van der Waals surface area contributed by atoms with Crippen LogP contribution in [0.5, 0.6) is 0 Å². The molecule has 4 heteroatoms. The van der Waals surface area contributed by atoms with E-state index in [1.165, 1.54) is 12.1 Å². The summed E-state index contributed by atoms with van der Waals surface area (Å²) < 4.78 is 13.1. The zero-order chi connectivity index (χ0) is 15.5. The smallest absolute Gasteiger partial charge is 0.159 e. The van der Waals surface area contributed by atoms with Crippen LogP contribution in [-0.4, -0.2) is 10.7 Å². The number of halogens is 1. The van der Waals surface area contributed by atoms with Crippen molar-refractivity contribution in [3.63, 3.8) is 0 Å². The number of hydrogen-bond acceptors (Lipinski definition) is 3. The molecule has 110 valence electrons. The van der Waals surface area contributed by atoms with Crippen molar-refractivity contribution in [2.45, 2.75) is 25.4 Å². The zero-order valence-corrected chi connectivity index (χ0v) is 12.3. The van der Waals surface area contributed by atoms with Gasteiger partial charge in [0.2, 0.25) is 0 Å². The van der Waals surface area contributed by atoms with Gasteiger partial charge in [0.1, 0.15) is 5.82 Å². The van der Waals surface area contributed by atoms with E-state index in [2.05, 4.69) is 11.2 Å². The molecule has 0 radical (unpaired) electrons. The summed E-state index contributed by atoms with van der Waals surface area (Å²) in [4.78, 5) is 0. The Morgan fingerprint density at radius 3 is 2.50 bits per heavy atom. The van der Waals surface area contributed by atoms with E-state index in [4.69, 9.17) is 0 Å². The second-order valence-electron chi connectivity index (χ2n) is 5.43. The molecule has 0 N–H and O–H groups in total. The summed E-state index contributed by atoms with van der Waals surface area (Å²) in [5.74, 6) is -0.304. The highest BCUT2D eigenvalue weighted by atomic mass is 19.1. The Hall–Kier alpha value is -2.67. The molecule has 0 aliphatic carbocycles. The monoisotopic (exact) mass is 293 g/mol. The van der Waals surface area contributed by atoms with Crippen molar-refractivity contribution in [3.8, 4) is 6.07 Å². The third-order valence-electron chi connectivity index (χ3n) is 3.85. The predicted molar refractivity (Wildman–Crippen MR) is 83.5 cm³/mol. The first-order valence-electron chi connectivity index (χ1n) is 7.21. The van der Waals surface area contributed by atoms with E-state index in [0.717, 1.165) is 23.3 Å². The average Bonchev–Trinajstić information content (AvgIpc) is 2.92. The maximum Gasteiger partial charge on any atom is 0.159 e. The normalized spacial score (nSPS) is 18.7. The molecule has 3 nitrogen and oxygen atoms in total. The molecule has 0 aromatic heterocycles. The minimum atomic E-state index is -0.525. The van der Waals surface area contributed by atoms with Crippen molar-refractivity contribution >= 4 is 5.71 Å². The van der Waals surface area contributed by atoms with E-state index in [9.17, 15) is 9.65 Å². The van der Waals surface area contributed by atoms with Crippen LogP contribution in [0.1, 0.15) is 36.6 Å². The predicted octanol–water partition coefficient (Wildman–Crippen LogP) is 4.21. The Labute approximate surface area is 129 Å². The van der Waals surface area contributed by atoms with Crippen molar-refractivity contribution < 1.29 is 4.39 Å². The quantitative estimate of drug-likeness (QED) is 0.850. The molecule has 0 unspecified atom stereocenters. The number of benzene rings is 2. The van der Waals surface area contributed by atoms with Gasteiger partial charge in [-0.15, -0.1) is 0 Å². The van der Waals surface area contributed by atoms with Crippen LogP contribution in [0.3, 0.4) is 0 Å². The molecule has 1 heterocycles. The third-order valence-corrected chi connectivity index (χ3v) is 3.85. The maximum absolute atomic E-state index is 13.1. The summed E-state index contributed by atoms with van der Waals surface area (Å²) in [6.07, 6.45) is 0.795. The largest absolute Gasteiger partial charge is 0.267 e. The fraction of sp³-hybridized carbons (Fsp3) is 0.222. The standard InChI is InChI=1S/C18H16FN3/c1-13-11-17(14-5-3-2-4-6-14)22(21-13)18(12-20)15-7-9-16(19)10-8-15/h2-10,17-18H,11H2,1H3/t17-,18-/m0/s1. The number of nitrogens with zero attached hydrogens (tertiary/aromatic N) is 3. The number of nitriles is 1. The van der Waals surface area contributed by atoms with Crippen molar-refractivity contribution in [2.24, 2.45) is 5.10 Å². The van der Waals surface area contributed by atoms with E-state index >= 15 is 0 Å². The first-order valence-corrected chi connectivity index (χ1v) is 7.21. The average molecular weight is 293 g/mol. The summed E-state index contributed by atoms with van der Waals surface area (Å²) >= 11 is 0. The molecule has 2 aromatic carbocycles. The van der Waals surface area contributed by atoms with Crippen LogP contribution in [0, 0.1) is 17.1 Å². The van der Waals surface area contributed by atoms with Crippen molar-refractivity contribution in [1.29, 1.82) is 5.26 Å². The van der Waals surface area contributed by atoms with E-state index in [1.807, 2.05) is 42.3 Å². The number of rotatable bonds is 3. The Morgan fingerprint density at radius 2 is 1.86 bits per heavy atom. The van der Waals surface area contributed by atoms with Crippen LogP contribution in [0.4, 0.5) is 4.39 Å². The van der Waals surface area contributed by atoms with E-state index in [-0.39, 0.29) is 11.9 Å². The molecule has 2 atom stereocenters. The van der Waals surface area contributed by atoms with Crippen LogP contribution in [0.15, 0.2) is 59.7 Å². The Balaban J connectivity index is 1.96. The third kappa shape index (κ3) is 2.71. The Morgan fingerprint density at radius 1 is 1.18 bits per heavy atom. The minimum absolute atomic E-state index is 0.0379. The van der Waals surface area contributed by atoms with Crippen LogP contribution in [-0.2, 0) is 0 Å². The Bertz CT molecular complexity index is 716. The van der Waals surface area contributed by atoms with Gasteiger partial charge in [0, 0.05) is 12.1 Å². The second kappa shape index (κ2) is 5.98. The second-order valence-corrected chi connectivity index (χ2v) is 5.43. The molecule has 0 saturated heterocycles. The van der Waals surface area contributed by atoms with Crippen LogP contribution in [0.2, 0.25) is 0 Å². The van der Waals surface area contributed by atoms with Gasteiger partial charge in [-0.05, 0) is 30.2 Å². The highest BCUT2D eigenvalue weighted by Gasteiger charge is 2.32. The number of hydrazone groups is 1. The molecule has 1 aliphatic heterocycles. The highest BCUT2D eigenvalue weighted by molar-refractivity contribution is 5.84. The summed E-state index contributed by atoms with van der Waals surface area (Å²) in [6.45, 7) is 1.97. The lowest BCUT2D eigenvalue weighted by molar-refractivity contribution is 0.196. The SMILES string of the molecule is CC1=NN([C@@H](C#N)c2ccc(F)cc2)[C@H](c2ccccc2)C1. The van der Waals surface area contributed by atoms with Crippen molar-refractivity contribution in [2.75, 3.05) is 0 Å². The van der Waals surface area contributed by atoms with Gasteiger partial charge in [0.05, 0.1) is 12.1 Å². The van der Waals surface area contributed by atoms with Crippen LogP contribution < -0.4 is 0 Å². The van der Waals surface area contributed by atoms with Crippen LogP contribution >= 0.6 is 0 Å². The Kier molecular flexibility index (Phi) is 3.88. The molecule has 2 aromatic rings. The van der Waals surface area contributed by atoms with E-state index < -0.39 is 6.04 Å². The molecular weight excluding hydrogens is 277 g/mol.